The molecule has 1 aliphatic heterocycles. The molecule has 6 rings (SSSR count). The number of ether oxygens (including phenoxy) is 4. The molecule has 1 fully saturated rings. The van der Waals surface area contributed by atoms with Crippen LogP contribution < -0.4 is 9.47 Å². The summed E-state index contributed by atoms with van der Waals surface area (Å²) in [7, 11) is 3.23. The Morgan fingerprint density at radius 2 is 1.40 bits per heavy atom. The van der Waals surface area contributed by atoms with Crippen molar-refractivity contribution in [1.29, 1.82) is 0 Å². The SMILES string of the molecule is COc1ccc(C(OC[C@H]2O[C@@H](n3cnc4c(Cl)ncnc43)[C@@H](O)[C@H]2O)(c2ccccc2)c2ccc(OC)cc2)cc1. The molecule has 4 atom stereocenters. The van der Waals surface area contributed by atoms with Crippen LogP contribution in [0.3, 0.4) is 0 Å². The molecule has 2 N–H and O–H groups in total. The van der Waals surface area contributed by atoms with Gasteiger partial charge in [-0.2, -0.15) is 0 Å². The number of hydrogen-bond donors (Lipinski definition) is 2. The molecule has 0 spiro atoms. The number of methoxy groups -OCH3 is 2. The zero-order chi connectivity index (χ0) is 29.3. The van der Waals surface area contributed by atoms with E-state index >= 15 is 0 Å². The number of aromatic nitrogens is 4. The van der Waals surface area contributed by atoms with Crippen LogP contribution in [0.1, 0.15) is 22.9 Å². The summed E-state index contributed by atoms with van der Waals surface area (Å²) in [5, 5.41) is 22.3. The molecule has 0 saturated carbocycles. The highest BCUT2D eigenvalue weighted by molar-refractivity contribution is 6.33. The number of hydrogen-bond acceptors (Lipinski definition) is 9. The smallest absolute Gasteiger partial charge is 0.167 e. The van der Waals surface area contributed by atoms with Gasteiger partial charge in [-0.25, -0.2) is 15.0 Å². The molecule has 3 heterocycles. The molecule has 1 saturated heterocycles. The number of halogens is 1. The lowest BCUT2D eigenvalue weighted by molar-refractivity contribution is -0.0942. The molecule has 10 nitrogen and oxygen atoms in total. The molecule has 3 aromatic carbocycles. The van der Waals surface area contributed by atoms with Crippen molar-refractivity contribution < 1.29 is 29.2 Å². The first-order valence-electron chi connectivity index (χ1n) is 13.3. The van der Waals surface area contributed by atoms with Gasteiger partial charge in [0.1, 0.15) is 47.3 Å². The lowest BCUT2D eigenvalue weighted by atomic mass is 9.80. The summed E-state index contributed by atoms with van der Waals surface area (Å²) in [6.07, 6.45) is -1.64. The quantitative estimate of drug-likeness (QED) is 0.193. The summed E-state index contributed by atoms with van der Waals surface area (Å²) in [5.41, 5.74) is 2.15. The molecule has 2 aromatic heterocycles. The van der Waals surface area contributed by atoms with E-state index in [1.165, 1.54) is 17.2 Å². The Labute approximate surface area is 247 Å². The van der Waals surface area contributed by atoms with Crippen molar-refractivity contribution in [1.82, 2.24) is 19.5 Å². The zero-order valence-electron chi connectivity index (χ0n) is 22.9. The second-order valence-corrected chi connectivity index (χ2v) is 10.2. The van der Waals surface area contributed by atoms with E-state index in [2.05, 4.69) is 15.0 Å². The molecule has 216 valence electrons. The standard InChI is InChI=1S/C31H29ClN4O6/c1-39-22-12-8-20(9-13-22)31(19-6-4-3-5-7-19,21-10-14-23(40-2)15-11-21)41-16-24-26(37)27(38)30(42-24)36-18-35-25-28(32)33-17-34-29(25)36/h3-15,17-18,24,26-27,30,37-38H,16H2,1-2H3/t24-,26+,27+,30-/m1/s1. The molecule has 5 aromatic rings. The van der Waals surface area contributed by atoms with Crippen molar-refractivity contribution in [2.75, 3.05) is 20.8 Å². The van der Waals surface area contributed by atoms with Gasteiger partial charge < -0.3 is 29.2 Å². The van der Waals surface area contributed by atoms with Gasteiger partial charge in [-0.1, -0.05) is 66.2 Å². The Morgan fingerprint density at radius 1 is 0.810 bits per heavy atom. The summed E-state index contributed by atoms with van der Waals surface area (Å²) in [4.78, 5) is 12.5. The summed E-state index contributed by atoms with van der Waals surface area (Å²) >= 11 is 6.17. The maximum atomic E-state index is 11.1. The number of rotatable bonds is 9. The zero-order valence-corrected chi connectivity index (χ0v) is 23.6. The highest BCUT2D eigenvalue weighted by Crippen LogP contribution is 2.43. The third kappa shape index (κ3) is 4.87. The van der Waals surface area contributed by atoms with Crippen LogP contribution in [0, 0.1) is 0 Å². The molecular formula is C31H29ClN4O6. The van der Waals surface area contributed by atoms with Crippen LogP contribution in [-0.2, 0) is 15.1 Å². The molecule has 11 heteroatoms. The Bertz CT molecular complexity index is 1600. The summed E-state index contributed by atoms with van der Waals surface area (Å²) in [6.45, 7) is -0.0654. The van der Waals surface area contributed by atoms with Crippen LogP contribution in [0.4, 0.5) is 0 Å². The van der Waals surface area contributed by atoms with Gasteiger partial charge in [0.15, 0.2) is 17.0 Å². The maximum Gasteiger partial charge on any atom is 0.167 e. The van der Waals surface area contributed by atoms with Crippen LogP contribution in [0.15, 0.2) is 91.5 Å². The van der Waals surface area contributed by atoms with Crippen molar-refractivity contribution in [3.05, 3.63) is 113 Å². The van der Waals surface area contributed by atoms with E-state index in [1.54, 1.807) is 14.2 Å². The minimum atomic E-state index is -1.28. The monoisotopic (exact) mass is 588 g/mol. The average molecular weight is 589 g/mol. The molecule has 0 amide bonds. The normalized spacial score (nSPS) is 20.6. The van der Waals surface area contributed by atoms with E-state index in [-0.39, 0.29) is 11.8 Å². The third-order valence-electron chi connectivity index (χ3n) is 7.56. The lowest BCUT2D eigenvalue weighted by Gasteiger charge is -2.37. The topological polar surface area (TPSA) is 121 Å². The summed E-state index contributed by atoms with van der Waals surface area (Å²) in [5.74, 6) is 1.40. The van der Waals surface area contributed by atoms with Gasteiger partial charge in [0.05, 0.1) is 27.2 Å². The Morgan fingerprint density at radius 3 is 2.00 bits per heavy atom. The average Bonchev–Trinajstić information content (AvgIpc) is 3.59. The van der Waals surface area contributed by atoms with E-state index in [0.29, 0.717) is 22.7 Å². The number of fused-ring (bicyclic) bond motifs is 1. The van der Waals surface area contributed by atoms with Crippen molar-refractivity contribution in [2.45, 2.75) is 30.1 Å². The highest BCUT2D eigenvalue weighted by Gasteiger charge is 2.47. The minimum absolute atomic E-state index is 0.0654. The van der Waals surface area contributed by atoms with E-state index in [1.807, 2.05) is 78.9 Å². The van der Waals surface area contributed by atoms with E-state index in [4.69, 9.17) is 30.5 Å². The van der Waals surface area contributed by atoms with Crippen LogP contribution in [0.5, 0.6) is 11.5 Å². The van der Waals surface area contributed by atoms with Gasteiger partial charge >= 0.3 is 0 Å². The summed E-state index contributed by atoms with van der Waals surface area (Å²) < 4.78 is 25.4. The Hall–Kier alpha value is -4.06. The first-order valence-corrected chi connectivity index (χ1v) is 13.7. The molecule has 0 unspecified atom stereocenters. The van der Waals surface area contributed by atoms with Gasteiger partial charge in [-0.15, -0.1) is 0 Å². The van der Waals surface area contributed by atoms with Gasteiger partial charge in [-0.05, 0) is 41.0 Å². The van der Waals surface area contributed by atoms with Crippen molar-refractivity contribution in [2.24, 2.45) is 0 Å². The molecule has 1 aliphatic rings. The minimum Gasteiger partial charge on any atom is -0.497 e. The molecule has 0 bridgehead atoms. The molecular weight excluding hydrogens is 560 g/mol. The number of nitrogens with zero attached hydrogens (tertiary/aromatic N) is 4. The number of aliphatic hydroxyl groups excluding tert-OH is 2. The second kappa shape index (κ2) is 11.7. The van der Waals surface area contributed by atoms with Crippen LogP contribution in [-0.4, -0.2) is 68.9 Å². The largest absolute Gasteiger partial charge is 0.497 e. The van der Waals surface area contributed by atoms with Crippen molar-refractivity contribution >= 4 is 22.8 Å². The molecule has 0 aliphatic carbocycles. The van der Waals surface area contributed by atoms with E-state index in [9.17, 15) is 10.2 Å². The molecule has 0 radical (unpaired) electrons. The summed E-state index contributed by atoms with van der Waals surface area (Å²) in [6, 6.07) is 25.1. The number of benzene rings is 3. The van der Waals surface area contributed by atoms with E-state index < -0.39 is 30.1 Å². The Balaban J connectivity index is 1.39. The fourth-order valence-corrected chi connectivity index (χ4v) is 5.56. The number of imidazole rings is 1. The second-order valence-electron chi connectivity index (χ2n) is 9.85. The Kier molecular flexibility index (Phi) is 7.80. The predicted octanol–water partition coefficient (Wildman–Crippen LogP) is 4.12. The fourth-order valence-electron chi connectivity index (χ4n) is 5.39. The maximum absolute atomic E-state index is 11.1. The van der Waals surface area contributed by atoms with Crippen LogP contribution in [0.2, 0.25) is 5.15 Å². The van der Waals surface area contributed by atoms with E-state index in [0.717, 1.165) is 16.7 Å². The molecule has 42 heavy (non-hydrogen) atoms. The van der Waals surface area contributed by atoms with Gasteiger partial charge in [0.2, 0.25) is 0 Å². The van der Waals surface area contributed by atoms with Gasteiger partial charge in [0, 0.05) is 0 Å². The fraction of sp³-hybridized carbons (Fsp3) is 0.258. The highest BCUT2D eigenvalue weighted by atomic mass is 35.5. The number of aliphatic hydroxyl groups is 2. The van der Waals surface area contributed by atoms with Crippen LogP contribution in [0.25, 0.3) is 11.2 Å². The predicted molar refractivity (Wildman–Crippen MR) is 155 cm³/mol. The lowest BCUT2D eigenvalue weighted by Crippen LogP contribution is -2.39. The third-order valence-corrected chi connectivity index (χ3v) is 7.84. The van der Waals surface area contributed by atoms with Gasteiger partial charge in [0.25, 0.3) is 0 Å². The van der Waals surface area contributed by atoms with Crippen molar-refractivity contribution in [3.63, 3.8) is 0 Å². The first kappa shape index (κ1) is 28.1. The van der Waals surface area contributed by atoms with Gasteiger partial charge in [-0.3, -0.25) is 4.57 Å². The van der Waals surface area contributed by atoms with Crippen LogP contribution >= 0.6 is 11.6 Å². The van der Waals surface area contributed by atoms with Crippen molar-refractivity contribution in [3.8, 4) is 11.5 Å². The first-order chi connectivity index (χ1) is 20.5.